The highest BCUT2D eigenvalue weighted by atomic mass is 32.1. The van der Waals surface area contributed by atoms with Crippen molar-refractivity contribution >= 4 is 27.5 Å². The number of para-hydroxylation sites is 1. The fourth-order valence-electron chi connectivity index (χ4n) is 3.64. The van der Waals surface area contributed by atoms with E-state index in [1.165, 1.54) is 11.3 Å². The van der Waals surface area contributed by atoms with Crippen LogP contribution in [0.1, 0.15) is 27.2 Å². The number of nitrogens with zero attached hydrogens (tertiary/aromatic N) is 3. The van der Waals surface area contributed by atoms with Crippen LogP contribution in [0.5, 0.6) is 10.9 Å². The molecule has 0 atom stereocenters. The van der Waals surface area contributed by atoms with Gasteiger partial charge in [-0.3, -0.25) is 14.8 Å². The van der Waals surface area contributed by atoms with Crippen LogP contribution in [0.2, 0.25) is 0 Å². The monoisotopic (exact) mass is 480 g/mol. The molecule has 0 fully saturated rings. The molecule has 5 aromatic rings. The van der Waals surface area contributed by atoms with E-state index in [0.717, 1.165) is 38.3 Å². The predicted molar refractivity (Wildman–Crippen MR) is 139 cm³/mol. The summed E-state index contributed by atoms with van der Waals surface area (Å²) in [4.78, 5) is 26.5. The van der Waals surface area contributed by atoms with E-state index >= 15 is 0 Å². The average Bonchev–Trinajstić information content (AvgIpc) is 3.27. The lowest BCUT2D eigenvalue weighted by Gasteiger charge is -2.11. The highest BCUT2D eigenvalue weighted by Crippen LogP contribution is 2.33. The molecule has 1 N–H and O–H groups in total. The summed E-state index contributed by atoms with van der Waals surface area (Å²) in [6.07, 6.45) is 4.36. The van der Waals surface area contributed by atoms with E-state index in [-0.39, 0.29) is 5.91 Å². The van der Waals surface area contributed by atoms with Gasteiger partial charge in [0.1, 0.15) is 5.75 Å². The van der Waals surface area contributed by atoms with Crippen LogP contribution in [-0.4, -0.2) is 27.4 Å². The molecule has 0 aliphatic rings. The van der Waals surface area contributed by atoms with E-state index in [4.69, 9.17) is 4.74 Å². The molecule has 6 nitrogen and oxygen atoms in total. The number of aryl methyl sites for hydroxylation is 2. The number of carbonyl (C=O) groups excluding carboxylic acids is 1. The molecule has 0 bridgehead atoms. The number of carbonyl (C=O) groups is 1. The Morgan fingerprint density at radius 3 is 2.63 bits per heavy atom. The van der Waals surface area contributed by atoms with Gasteiger partial charge in [-0.1, -0.05) is 35.6 Å². The Labute approximate surface area is 207 Å². The van der Waals surface area contributed by atoms with E-state index in [1.54, 1.807) is 6.07 Å². The molecule has 3 aromatic heterocycles. The number of thiazole rings is 1. The number of hydrogen-bond donors (Lipinski definition) is 1. The number of benzene rings is 2. The van der Waals surface area contributed by atoms with Gasteiger partial charge in [0.15, 0.2) is 0 Å². The van der Waals surface area contributed by atoms with Crippen molar-refractivity contribution < 1.29 is 9.53 Å². The van der Waals surface area contributed by atoms with Crippen molar-refractivity contribution in [2.45, 2.75) is 20.3 Å². The number of aromatic nitrogens is 3. The van der Waals surface area contributed by atoms with Crippen molar-refractivity contribution in [2.75, 3.05) is 6.54 Å². The molecule has 0 aliphatic heterocycles. The van der Waals surface area contributed by atoms with Crippen LogP contribution in [0.4, 0.5) is 0 Å². The average molecular weight is 481 g/mol. The van der Waals surface area contributed by atoms with Gasteiger partial charge in [0.2, 0.25) is 0 Å². The highest BCUT2D eigenvalue weighted by Gasteiger charge is 2.13. The fourth-order valence-corrected chi connectivity index (χ4v) is 4.47. The first kappa shape index (κ1) is 22.7. The van der Waals surface area contributed by atoms with Gasteiger partial charge in [-0.2, -0.15) is 0 Å². The Bertz CT molecular complexity index is 1440. The van der Waals surface area contributed by atoms with Crippen LogP contribution in [-0.2, 0) is 6.42 Å². The number of pyridine rings is 2. The van der Waals surface area contributed by atoms with Crippen molar-refractivity contribution in [3.63, 3.8) is 0 Å². The standard InChI is InChI=1S/C28H24N4O2S/c1-18-7-10-24(31-16-18)21-13-22(27(33)29-12-11-20-9-8-19(2)30-17-20)15-23(14-21)34-28-32-25-5-3-4-6-26(25)35-28/h3-10,13-17H,11-12H2,1-2H3,(H,29,33). The van der Waals surface area contributed by atoms with Crippen molar-refractivity contribution in [2.24, 2.45) is 0 Å². The molecule has 3 heterocycles. The normalized spacial score (nSPS) is 10.9. The zero-order valence-corrected chi connectivity index (χ0v) is 20.3. The predicted octanol–water partition coefficient (Wildman–Crippen LogP) is 6.13. The molecular weight excluding hydrogens is 456 g/mol. The molecule has 35 heavy (non-hydrogen) atoms. The summed E-state index contributed by atoms with van der Waals surface area (Å²) in [5.41, 5.74) is 6.07. The van der Waals surface area contributed by atoms with Gasteiger partial charge in [0, 0.05) is 35.8 Å². The molecule has 7 heteroatoms. The number of hydrogen-bond acceptors (Lipinski definition) is 6. The molecule has 0 saturated carbocycles. The second-order valence-corrected chi connectivity index (χ2v) is 9.32. The first-order chi connectivity index (χ1) is 17.0. The van der Waals surface area contributed by atoms with Crippen LogP contribution in [0.25, 0.3) is 21.5 Å². The van der Waals surface area contributed by atoms with Gasteiger partial charge in [0.05, 0.1) is 15.9 Å². The zero-order valence-electron chi connectivity index (χ0n) is 19.5. The maximum absolute atomic E-state index is 13.1. The van der Waals surface area contributed by atoms with Gasteiger partial charge in [-0.25, -0.2) is 4.98 Å². The first-order valence-electron chi connectivity index (χ1n) is 11.3. The number of fused-ring (bicyclic) bond motifs is 1. The lowest BCUT2D eigenvalue weighted by Crippen LogP contribution is -2.25. The number of ether oxygens (including phenoxy) is 1. The number of rotatable bonds is 7. The van der Waals surface area contributed by atoms with Gasteiger partial charge < -0.3 is 10.1 Å². The van der Waals surface area contributed by atoms with Crippen LogP contribution in [0, 0.1) is 13.8 Å². The zero-order chi connectivity index (χ0) is 24.2. The Hall–Kier alpha value is -4.10. The SMILES string of the molecule is Cc1ccc(-c2cc(Oc3nc4ccccc4s3)cc(C(=O)NCCc3ccc(C)nc3)c2)nc1. The van der Waals surface area contributed by atoms with Gasteiger partial charge in [-0.05, 0) is 73.9 Å². The summed E-state index contributed by atoms with van der Waals surface area (Å²) in [5, 5.41) is 3.53. The summed E-state index contributed by atoms with van der Waals surface area (Å²) in [7, 11) is 0. The van der Waals surface area contributed by atoms with E-state index < -0.39 is 0 Å². The molecule has 1 amide bonds. The third kappa shape index (κ3) is 5.53. The minimum atomic E-state index is -0.173. The molecule has 2 aromatic carbocycles. The number of amides is 1. The largest absolute Gasteiger partial charge is 0.431 e. The lowest BCUT2D eigenvalue weighted by atomic mass is 10.1. The van der Waals surface area contributed by atoms with E-state index in [9.17, 15) is 4.79 Å². The van der Waals surface area contributed by atoms with Crippen LogP contribution in [0.15, 0.2) is 79.1 Å². The molecule has 0 unspecified atom stereocenters. The second-order valence-electron chi connectivity index (χ2n) is 8.33. The highest BCUT2D eigenvalue weighted by molar-refractivity contribution is 7.20. The maximum Gasteiger partial charge on any atom is 0.279 e. The fraction of sp³-hybridized carbons (Fsp3) is 0.143. The minimum Gasteiger partial charge on any atom is -0.431 e. The van der Waals surface area contributed by atoms with Gasteiger partial charge in [-0.15, -0.1) is 0 Å². The topological polar surface area (TPSA) is 77.0 Å². The molecule has 0 saturated heterocycles. The summed E-state index contributed by atoms with van der Waals surface area (Å²) in [5.74, 6) is 0.366. The van der Waals surface area contributed by atoms with Crippen LogP contribution >= 0.6 is 11.3 Å². The molecule has 5 rings (SSSR count). The molecule has 0 spiro atoms. The summed E-state index contributed by atoms with van der Waals surface area (Å²) in [6, 6.07) is 21.3. The quantitative estimate of drug-likeness (QED) is 0.303. The number of nitrogens with one attached hydrogen (secondary N) is 1. The van der Waals surface area contributed by atoms with E-state index in [2.05, 4.69) is 20.3 Å². The Balaban J connectivity index is 1.40. The van der Waals surface area contributed by atoms with Crippen molar-refractivity contribution in [1.82, 2.24) is 20.3 Å². The summed E-state index contributed by atoms with van der Waals surface area (Å²) < 4.78 is 7.16. The molecule has 0 radical (unpaired) electrons. The smallest absolute Gasteiger partial charge is 0.279 e. The third-order valence-electron chi connectivity index (χ3n) is 5.53. The molecule has 174 valence electrons. The summed E-state index contributed by atoms with van der Waals surface area (Å²) >= 11 is 1.47. The van der Waals surface area contributed by atoms with E-state index in [1.807, 2.05) is 86.9 Å². The Morgan fingerprint density at radius 2 is 1.86 bits per heavy atom. The van der Waals surface area contributed by atoms with Gasteiger partial charge in [0.25, 0.3) is 11.1 Å². The van der Waals surface area contributed by atoms with Crippen molar-refractivity contribution in [1.29, 1.82) is 0 Å². The molecular formula is C28H24N4O2S. The maximum atomic E-state index is 13.1. The van der Waals surface area contributed by atoms with E-state index in [0.29, 0.717) is 29.5 Å². The second kappa shape index (κ2) is 10.0. The Morgan fingerprint density at radius 1 is 0.971 bits per heavy atom. The Kier molecular flexibility index (Phi) is 6.50. The minimum absolute atomic E-state index is 0.173. The lowest BCUT2D eigenvalue weighted by molar-refractivity contribution is 0.0954. The van der Waals surface area contributed by atoms with Crippen LogP contribution in [0.3, 0.4) is 0 Å². The molecule has 0 aliphatic carbocycles. The van der Waals surface area contributed by atoms with Crippen LogP contribution < -0.4 is 10.1 Å². The van der Waals surface area contributed by atoms with Gasteiger partial charge >= 0.3 is 0 Å². The van der Waals surface area contributed by atoms with Crippen molar-refractivity contribution in [3.8, 4) is 22.2 Å². The van der Waals surface area contributed by atoms with Crippen molar-refractivity contribution in [3.05, 3.63) is 102 Å². The first-order valence-corrected chi connectivity index (χ1v) is 12.2. The summed E-state index contributed by atoms with van der Waals surface area (Å²) in [6.45, 7) is 4.45. The third-order valence-corrected chi connectivity index (χ3v) is 6.44.